The van der Waals surface area contributed by atoms with E-state index in [0.29, 0.717) is 18.9 Å². The zero-order chi connectivity index (χ0) is 15.7. The summed E-state index contributed by atoms with van der Waals surface area (Å²) in [5.74, 6) is 0. The van der Waals surface area contributed by atoms with E-state index >= 15 is 0 Å². The molecule has 0 bridgehead atoms. The first kappa shape index (κ1) is 20.6. The molecule has 0 atom stereocenters. The first-order valence-corrected chi connectivity index (χ1v) is 5.95. The van der Waals surface area contributed by atoms with Gasteiger partial charge in [0.25, 0.3) is 0 Å². The zero-order valence-corrected chi connectivity index (χ0v) is 10.9. The summed E-state index contributed by atoms with van der Waals surface area (Å²) in [6.07, 6.45) is 0. The molecule has 0 fully saturated rings. The minimum Gasteiger partial charge on any atom is -0.471 e. The van der Waals surface area contributed by atoms with Crippen LogP contribution < -0.4 is 0 Å². The van der Waals surface area contributed by atoms with Crippen LogP contribution >= 0.6 is 12.6 Å². The van der Waals surface area contributed by atoms with Crippen molar-refractivity contribution in [2.24, 2.45) is 4.99 Å². The number of aliphatic imine (C=N–C) groups is 1. The summed E-state index contributed by atoms with van der Waals surface area (Å²) in [7, 11) is -4.89. The second-order valence-corrected chi connectivity index (χ2v) is 4.41. The van der Waals surface area contributed by atoms with Gasteiger partial charge in [0.1, 0.15) is 6.61 Å². The smallest absolute Gasteiger partial charge is 0.471 e. The molecule has 13 heteroatoms. The van der Waals surface area contributed by atoms with Gasteiger partial charge in [0.15, 0.2) is 0 Å². The zero-order valence-electron chi connectivity index (χ0n) is 9.20. The van der Waals surface area contributed by atoms with Crippen molar-refractivity contribution in [3.63, 3.8) is 0 Å². The Labute approximate surface area is 110 Å². The number of hydrogen-bond donors (Lipinski definition) is 1. The molecule has 19 heavy (non-hydrogen) atoms. The first-order chi connectivity index (χ1) is 8.44. The number of halogens is 6. The van der Waals surface area contributed by atoms with Crippen molar-refractivity contribution in [2.45, 2.75) is 12.2 Å². The van der Waals surface area contributed by atoms with E-state index in [0.717, 1.165) is 6.54 Å². The lowest BCUT2D eigenvalue weighted by molar-refractivity contribution is -0.0526. The SMILES string of the molecule is COS(=O)(=O)C(F)(F)F.FC(F)F.SC1=NCCO1. The lowest BCUT2D eigenvalue weighted by Gasteiger charge is -2.02. The highest BCUT2D eigenvalue weighted by Crippen LogP contribution is 2.23. The van der Waals surface area contributed by atoms with E-state index in [1.165, 1.54) is 0 Å². The fourth-order valence-corrected chi connectivity index (χ4v) is 0.799. The predicted octanol–water partition coefficient (Wildman–Crippen LogP) is 1.96. The van der Waals surface area contributed by atoms with Gasteiger partial charge in [-0.2, -0.15) is 34.8 Å². The van der Waals surface area contributed by atoms with E-state index in [2.05, 4.69) is 21.8 Å². The van der Waals surface area contributed by atoms with Crippen LogP contribution in [0.1, 0.15) is 0 Å². The van der Waals surface area contributed by atoms with Crippen molar-refractivity contribution in [2.75, 3.05) is 20.3 Å². The Morgan fingerprint density at radius 2 is 1.79 bits per heavy atom. The maximum Gasteiger partial charge on any atom is 0.523 e. The third-order valence-electron chi connectivity index (χ3n) is 1.07. The summed E-state index contributed by atoms with van der Waals surface area (Å²) in [5, 5.41) is 0.523. The third-order valence-corrected chi connectivity index (χ3v) is 2.35. The van der Waals surface area contributed by atoms with Crippen molar-refractivity contribution in [3.05, 3.63) is 0 Å². The maximum atomic E-state index is 11.1. The molecule has 0 aromatic heterocycles. The van der Waals surface area contributed by atoms with Crippen LogP contribution in [0.3, 0.4) is 0 Å². The van der Waals surface area contributed by atoms with Crippen LogP contribution in [0, 0.1) is 0 Å². The van der Waals surface area contributed by atoms with Crippen molar-refractivity contribution in [1.29, 1.82) is 0 Å². The lowest BCUT2D eigenvalue weighted by Crippen LogP contribution is -2.23. The van der Waals surface area contributed by atoms with Crippen LogP contribution in [-0.4, -0.2) is 46.1 Å². The highest BCUT2D eigenvalue weighted by Gasteiger charge is 2.46. The summed E-state index contributed by atoms with van der Waals surface area (Å²) in [5.41, 5.74) is -5.30. The van der Waals surface area contributed by atoms with E-state index in [4.69, 9.17) is 4.74 Å². The number of nitrogens with zero attached hydrogens (tertiary/aromatic N) is 1. The van der Waals surface area contributed by atoms with E-state index in [-0.39, 0.29) is 0 Å². The molecule has 1 aliphatic heterocycles. The van der Waals surface area contributed by atoms with Gasteiger partial charge in [-0.05, 0) is 0 Å². The predicted molar refractivity (Wildman–Crippen MR) is 56.3 cm³/mol. The van der Waals surface area contributed by atoms with Gasteiger partial charge in [-0.25, -0.2) is 4.99 Å². The normalized spacial score (nSPS) is 14.7. The van der Waals surface area contributed by atoms with Crippen LogP contribution in [0.25, 0.3) is 0 Å². The minimum absolute atomic E-state index is 0.447. The van der Waals surface area contributed by atoms with Gasteiger partial charge in [0.05, 0.1) is 13.7 Å². The van der Waals surface area contributed by atoms with Crippen molar-refractivity contribution in [3.8, 4) is 0 Å². The number of ether oxygens (including phenoxy) is 1. The average molecular weight is 337 g/mol. The average Bonchev–Trinajstić information content (AvgIpc) is 2.67. The summed E-state index contributed by atoms with van der Waals surface area (Å²) in [4.78, 5) is 3.79. The Morgan fingerprint density at radius 1 is 1.37 bits per heavy atom. The van der Waals surface area contributed by atoms with Crippen LogP contribution in [0.15, 0.2) is 4.99 Å². The molecular formula is C6H9F6NO4S2. The van der Waals surface area contributed by atoms with Gasteiger partial charge in [0.2, 0.25) is 5.23 Å². The highest BCUT2D eigenvalue weighted by molar-refractivity contribution is 7.96. The van der Waals surface area contributed by atoms with Crippen LogP contribution in [0.2, 0.25) is 0 Å². The molecule has 0 saturated carbocycles. The molecule has 0 saturated heterocycles. The number of hydrogen-bond acceptors (Lipinski definition) is 5. The quantitative estimate of drug-likeness (QED) is 0.344. The Bertz CT molecular complexity index is 366. The van der Waals surface area contributed by atoms with Gasteiger partial charge >= 0.3 is 22.3 Å². The molecule has 1 rings (SSSR count). The van der Waals surface area contributed by atoms with Crippen LogP contribution in [-0.2, 0) is 19.0 Å². The molecular weight excluding hydrogens is 328 g/mol. The Balaban J connectivity index is 0. The summed E-state index contributed by atoms with van der Waals surface area (Å²) >= 11 is 3.82. The second kappa shape index (κ2) is 9.25. The summed E-state index contributed by atoms with van der Waals surface area (Å²) < 4.78 is 89.6. The molecule has 0 aliphatic carbocycles. The van der Waals surface area contributed by atoms with E-state index in [1.54, 1.807) is 0 Å². The molecule has 0 amide bonds. The van der Waals surface area contributed by atoms with Crippen molar-refractivity contribution >= 4 is 28.0 Å². The van der Waals surface area contributed by atoms with E-state index in [1.807, 2.05) is 0 Å². The van der Waals surface area contributed by atoms with Crippen molar-refractivity contribution < 1.29 is 43.7 Å². The summed E-state index contributed by atoms with van der Waals surface area (Å²) in [6.45, 7) is -2.18. The van der Waals surface area contributed by atoms with E-state index in [9.17, 15) is 34.8 Å². The molecule has 0 aromatic rings. The fraction of sp³-hybridized carbons (Fsp3) is 0.833. The second-order valence-electron chi connectivity index (χ2n) is 2.33. The molecule has 1 heterocycles. The van der Waals surface area contributed by atoms with Gasteiger partial charge in [-0.3, -0.25) is 4.18 Å². The molecule has 1 aliphatic rings. The van der Waals surface area contributed by atoms with Gasteiger partial charge in [0, 0.05) is 0 Å². The molecule has 0 N–H and O–H groups in total. The molecule has 0 aromatic carbocycles. The summed E-state index contributed by atoms with van der Waals surface area (Å²) in [6, 6.07) is 0. The standard InChI is InChI=1S/C3H5NOS.C2H3F3O3S.CHF3/c6-3-4-1-2-5-3;1-8-9(6,7)2(3,4)5;2-1(3)4/h1-2H2,(H,4,6);1H3;1H. The van der Waals surface area contributed by atoms with Gasteiger partial charge in [-0.15, -0.1) is 0 Å². The molecule has 5 nitrogen and oxygen atoms in total. The number of rotatable bonds is 1. The fourth-order valence-electron chi connectivity index (χ4n) is 0.418. The maximum absolute atomic E-state index is 11.1. The topological polar surface area (TPSA) is 65.0 Å². The third kappa shape index (κ3) is 12.1. The van der Waals surface area contributed by atoms with Crippen LogP contribution in [0.5, 0.6) is 0 Å². The lowest BCUT2D eigenvalue weighted by atomic mass is 10.8. The Morgan fingerprint density at radius 3 is 1.84 bits per heavy atom. The Kier molecular flexibility index (Phi) is 10.0. The van der Waals surface area contributed by atoms with Crippen LogP contribution in [0.4, 0.5) is 26.3 Å². The van der Waals surface area contributed by atoms with Gasteiger partial charge < -0.3 is 4.74 Å². The number of thiol groups is 1. The van der Waals surface area contributed by atoms with E-state index < -0.39 is 22.3 Å². The highest BCUT2D eigenvalue weighted by atomic mass is 32.2. The molecule has 0 unspecified atom stereocenters. The van der Waals surface area contributed by atoms with Gasteiger partial charge in [-0.1, -0.05) is 12.6 Å². The molecule has 0 radical (unpaired) electrons. The Hall–Kier alpha value is -0.690. The number of alkyl halides is 6. The molecule has 0 spiro atoms. The monoisotopic (exact) mass is 337 g/mol. The minimum atomic E-state index is -5.34. The molecule has 116 valence electrons. The van der Waals surface area contributed by atoms with Crippen molar-refractivity contribution in [1.82, 2.24) is 0 Å². The first-order valence-electron chi connectivity index (χ1n) is 4.09. The largest absolute Gasteiger partial charge is 0.523 e.